The van der Waals surface area contributed by atoms with Crippen molar-refractivity contribution in [1.29, 1.82) is 0 Å². The fraction of sp³-hybridized carbons (Fsp3) is 0.0909. The molecule has 74 valence electrons. The van der Waals surface area contributed by atoms with Gasteiger partial charge in [-0.3, -0.25) is 4.68 Å². The largest absolute Gasteiger partial charge is 0.393 e. The molecule has 15 heavy (non-hydrogen) atoms. The highest BCUT2D eigenvalue weighted by Crippen LogP contribution is 2.33. The number of nitrogen functional groups attached to an aromatic ring is 1. The van der Waals surface area contributed by atoms with E-state index < -0.39 is 0 Å². The number of anilines is 1. The van der Waals surface area contributed by atoms with Crippen LogP contribution in [0.5, 0.6) is 0 Å². The van der Waals surface area contributed by atoms with Gasteiger partial charge in [-0.15, -0.1) is 0 Å². The van der Waals surface area contributed by atoms with Crippen LogP contribution in [0.15, 0.2) is 30.3 Å². The van der Waals surface area contributed by atoms with Crippen LogP contribution in [-0.4, -0.2) is 9.78 Å². The maximum absolute atomic E-state index is 7.08. The van der Waals surface area contributed by atoms with Gasteiger partial charge < -0.3 is 5.73 Å². The summed E-state index contributed by atoms with van der Waals surface area (Å²) in [5.41, 5.74) is 7.71. The van der Waals surface area contributed by atoms with Crippen LogP contribution in [0.1, 0.15) is 0 Å². The van der Waals surface area contributed by atoms with Crippen LogP contribution >= 0.6 is 0 Å². The van der Waals surface area contributed by atoms with E-state index in [-0.39, 0.29) is 0 Å². The summed E-state index contributed by atoms with van der Waals surface area (Å²) >= 11 is 0. The van der Waals surface area contributed by atoms with Crippen molar-refractivity contribution in [3.8, 4) is 11.3 Å². The molecule has 1 heterocycles. The van der Waals surface area contributed by atoms with E-state index in [0.717, 1.165) is 5.56 Å². The number of hydrogen-bond donors (Lipinski definition) is 1. The first-order valence-electron chi connectivity index (χ1n) is 4.49. The van der Waals surface area contributed by atoms with Gasteiger partial charge in [0, 0.05) is 7.05 Å². The minimum absolute atomic E-state index is 0.406. The van der Waals surface area contributed by atoms with Gasteiger partial charge in [0.2, 0.25) is 0 Å². The fourth-order valence-electron chi connectivity index (χ4n) is 1.43. The molecule has 2 N–H and O–H groups in total. The summed E-state index contributed by atoms with van der Waals surface area (Å²) in [6, 6.07) is 9.57. The first-order valence-corrected chi connectivity index (χ1v) is 4.49. The van der Waals surface area contributed by atoms with E-state index in [1.165, 1.54) is 4.68 Å². The normalized spacial score (nSPS) is 9.87. The summed E-state index contributed by atoms with van der Waals surface area (Å²) in [6.07, 6.45) is 0. The Labute approximate surface area is 87.8 Å². The Balaban J connectivity index is 2.65. The van der Waals surface area contributed by atoms with Crippen LogP contribution in [0, 0.1) is 6.57 Å². The van der Waals surface area contributed by atoms with E-state index in [0.29, 0.717) is 17.2 Å². The van der Waals surface area contributed by atoms with Crippen LogP contribution in [-0.2, 0) is 7.05 Å². The van der Waals surface area contributed by atoms with Crippen LogP contribution in [0.4, 0.5) is 11.5 Å². The molecule has 0 saturated carbocycles. The number of rotatable bonds is 1. The second kappa shape index (κ2) is 3.46. The van der Waals surface area contributed by atoms with Gasteiger partial charge in [-0.05, 0) is 5.56 Å². The Kier molecular flexibility index (Phi) is 2.14. The lowest BCUT2D eigenvalue weighted by Crippen LogP contribution is -1.96. The van der Waals surface area contributed by atoms with E-state index >= 15 is 0 Å². The second-order valence-electron chi connectivity index (χ2n) is 3.18. The zero-order valence-corrected chi connectivity index (χ0v) is 8.31. The summed E-state index contributed by atoms with van der Waals surface area (Å²) in [5, 5.41) is 4.23. The molecule has 0 radical (unpaired) electrons. The standard InChI is InChI=1S/C11H10N4/c1-13-10-9(14-15(2)11(10)12)8-6-4-3-5-7-8/h3-7H,12H2,2H3. The first-order chi connectivity index (χ1) is 7.24. The van der Waals surface area contributed by atoms with Gasteiger partial charge >= 0.3 is 0 Å². The second-order valence-corrected chi connectivity index (χ2v) is 3.18. The lowest BCUT2D eigenvalue weighted by Gasteiger charge is -1.95. The molecule has 1 aromatic carbocycles. The zero-order valence-electron chi connectivity index (χ0n) is 8.31. The maximum atomic E-state index is 7.08. The van der Waals surface area contributed by atoms with Gasteiger partial charge in [-0.25, -0.2) is 4.85 Å². The van der Waals surface area contributed by atoms with Crippen molar-refractivity contribution < 1.29 is 0 Å². The van der Waals surface area contributed by atoms with Gasteiger partial charge in [0.05, 0.1) is 6.57 Å². The molecule has 0 unspecified atom stereocenters. The van der Waals surface area contributed by atoms with E-state index in [2.05, 4.69) is 9.94 Å². The average Bonchev–Trinajstić information content (AvgIpc) is 2.56. The van der Waals surface area contributed by atoms with Crippen molar-refractivity contribution in [2.75, 3.05) is 5.73 Å². The summed E-state index contributed by atoms with van der Waals surface area (Å²) in [4.78, 5) is 3.41. The number of nitrogens with two attached hydrogens (primary N) is 1. The third-order valence-electron chi connectivity index (χ3n) is 2.22. The third-order valence-corrected chi connectivity index (χ3v) is 2.22. The molecule has 0 aliphatic rings. The highest BCUT2D eigenvalue weighted by atomic mass is 15.3. The topological polar surface area (TPSA) is 48.2 Å². The Morgan fingerprint density at radius 2 is 2.00 bits per heavy atom. The molecule has 0 saturated heterocycles. The average molecular weight is 198 g/mol. The van der Waals surface area contributed by atoms with Crippen molar-refractivity contribution in [2.24, 2.45) is 7.05 Å². The minimum Gasteiger partial charge on any atom is -0.393 e. The minimum atomic E-state index is 0.406. The quantitative estimate of drug-likeness (QED) is 0.714. The predicted octanol–water partition coefficient (Wildman–Crippen LogP) is 2.22. The molecular formula is C11H10N4. The van der Waals surface area contributed by atoms with Gasteiger partial charge in [-0.2, -0.15) is 5.10 Å². The van der Waals surface area contributed by atoms with Crippen molar-refractivity contribution >= 4 is 11.5 Å². The van der Waals surface area contributed by atoms with Gasteiger partial charge in [0.15, 0.2) is 0 Å². The summed E-state index contributed by atoms with van der Waals surface area (Å²) in [5.74, 6) is 0.406. The number of nitrogens with zero attached hydrogens (tertiary/aromatic N) is 3. The fourth-order valence-corrected chi connectivity index (χ4v) is 1.43. The monoisotopic (exact) mass is 198 g/mol. The van der Waals surface area contributed by atoms with Crippen LogP contribution in [0.2, 0.25) is 0 Å². The van der Waals surface area contributed by atoms with E-state index in [1.807, 2.05) is 30.3 Å². The molecule has 0 amide bonds. The summed E-state index contributed by atoms with van der Waals surface area (Å²) in [6.45, 7) is 7.08. The van der Waals surface area contributed by atoms with Crippen LogP contribution in [0.3, 0.4) is 0 Å². The first kappa shape index (κ1) is 9.28. The molecule has 0 bridgehead atoms. The molecule has 0 aliphatic carbocycles. The smallest absolute Gasteiger partial charge is 0.254 e. The van der Waals surface area contributed by atoms with Crippen molar-refractivity contribution in [3.05, 3.63) is 41.7 Å². The Morgan fingerprint density at radius 3 is 2.60 bits per heavy atom. The number of benzene rings is 1. The Morgan fingerprint density at radius 1 is 1.33 bits per heavy atom. The third kappa shape index (κ3) is 1.44. The molecule has 4 nitrogen and oxygen atoms in total. The molecule has 0 aliphatic heterocycles. The molecule has 4 heteroatoms. The lowest BCUT2D eigenvalue weighted by molar-refractivity contribution is 0.782. The van der Waals surface area contributed by atoms with E-state index in [1.54, 1.807) is 7.05 Å². The van der Waals surface area contributed by atoms with Crippen molar-refractivity contribution in [1.82, 2.24) is 9.78 Å². The lowest BCUT2D eigenvalue weighted by atomic mass is 10.1. The molecule has 2 rings (SSSR count). The molecule has 0 atom stereocenters. The number of aromatic nitrogens is 2. The molecule has 0 fully saturated rings. The Bertz CT molecular complexity index is 520. The molecule has 0 spiro atoms. The van der Waals surface area contributed by atoms with Crippen molar-refractivity contribution in [3.63, 3.8) is 0 Å². The van der Waals surface area contributed by atoms with E-state index in [9.17, 15) is 0 Å². The summed E-state index contributed by atoms with van der Waals surface area (Å²) < 4.78 is 1.52. The summed E-state index contributed by atoms with van der Waals surface area (Å²) in [7, 11) is 1.73. The predicted molar refractivity (Wildman–Crippen MR) is 59.3 cm³/mol. The van der Waals surface area contributed by atoms with Gasteiger partial charge in [-0.1, -0.05) is 30.3 Å². The number of hydrogen-bond acceptors (Lipinski definition) is 2. The highest BCUT2D eigenvalue weighted by molar-refractivity contribution is 5.82. The number of aryl methyl sites for hydroxylation is 1. The molecular weight excluding hydrogens is 188 g/mol. The van der Waals surface area contributed by atoms with Crippen molar-refractivity contribution in [2.45, 2.75) is 0 Å². The highest BCUT2D eigenvalue weighted by Gasteiger charge is 2.14. The van der Waals surface area contributed by atoms with Gasteiger partial charge in [0.1, 0.15) is 11.5 Å². The van der Waals surface area contributed by atoms with E-state index in [4.69, 9.17) is 12.3 Å². The molecule has 2 aromatic rings. The SMILES string of the molecule is [C-]#[N+]c1c(-c2ccccc2)nn(C)c1N. The molecule has 1 aromatic heterocycles. The zero-order chi connectivity index (χ0) is 10.8. The van der Waals surface area contributed by atoms with Crippen LogP contribution in [0.25, 0.3) is 16.1 Å². The maximum Gasteiger partial charge on any atom is 0.254 e. The van der Waals surface area contributed by atoms with Crippen LogP contribution < -0.4 is 5.73 Å². The Hall–Kier alpha value is -2.28. The van der Waals surface area contributed by atoms with Gasteiger partial charge in [0.25, 0.3) is 5.69 Å².